The lowest BCUT2D eigenvalue weighted by molar-refractivity contribution is 0.0680. The highest BCUT2D eigenvalue weighted by Crippen LogP contribution is 2.34. The second-order valence-corrected chi connectivity index (χ2v) is 7.79. The molecule has 3 aromatic rings. The van der Waals surface area contributed by atoms with Gasteiger partial charge in [-0.05, 0) is 43.2 Å². The molecule has 1 aliphatic rings. The van der Waals surface area contributed by atoms with Crippen LogP contribution in [0.25, 0.3) is 11.1 Å². The third kappa shape index (κ3) is 3.59. The lowest BCUT2D eigenvalue weighted by Gasteiger charge is -2.30. The van der Waals surface area contributed by atoms with E-state index in [0.29, 0.717) is 17.2 Å². The van der Waals surface area contributed by atoms with E-state index in [0.717, 1.165) is 23.2 Å². The summed E-state index contributed by atoms with van der Waals surface area (Å²) >= 11 is 0. The van der Waals surface area contributed by atoms with Crippen molar-refractivity contribution < 1.29 is 9.32 Å². The zero-order valence-corrected chi connectivity index (χ0v) is 16.1. The molecule has 0 bridgehead atoms. The van der Waals surface area contributed by atoms with Crippen molar-refractivity contribution in [3.8, 4) is 0 Å². The minimum atomic E-state index is 0.0158. The van der Waals surface area contributed by atoms with Crippen molar-refractivity contribution in [1.29, 1.82) is 0 Å². The Kier molecular flexibility index (Phi) is 4.68. The van der Waals surface area contributed by atoms with Gasteiger partial charge in [0.25, 0.3) is 11.6 Å². The summed E-state index contributed by atoms with van der Waals surface area (Å²) in [7, 11) is 0. The summed E-state index contributed by atoms with van der Waals surface area (Å²) in [5, 5.41) is 4.95. The van der Waals surface area contributed by atoms with Gasteiger partial charge in [0.2, 0.25) is 0 Å². The molecule has 1 aliphatic carbocycles. The number of carbonyl (C=O) groups excluding carboxylic acids is 1. The molecule has 4 rings (SSSR count). The van der Waals surface area contributed by atoms with E-state index in [9.17, 15) is 4.79 Å². The average molecular weight is 363 g/mol. The van der Waals surface area contributed by atoms with E-state index in [1.165, 1.54) is 12.8 Å². The summed E-state index contributed by atoms with van der Waals surface area (Å²) < 4.78 is 5.31. The summed E-state index contributed by atoms with van der Waals surface area (Å²) in [5.74, 6) is 0.839. The number of fused-ring (bicyclic) bond motifs is 1. The first-order chi connectivity index (χ1) is 13.0. The molecular weight excluding hydrogens is 338 g/mol. The van der Waals surface area contributed by atoms with Crippen LogP contribution in [0.3, 0.4) is 0 Å². The Morgan fingerprint density at radius 1 is 1.22 bits per heavy atom. The van der Waals surface area contributed by atoms with Gasteiger partial charge in [-0.15, -0.1) is 0 Å². The summed E-state index contributed by atoms with van der Waals surface area (Å²) in [6.07, 6.45) is 4.01. The molecule has 27 heavy (non-hydrogen) atoms. The normalized spacial score (nSPS) is 15.3. The predicted molar refractivity (Wildman–Crippen MR) is 105 cm³/mol. The number of benzene rings is 1. The topological polar surface area (TPSA) is 59.2 Å². The van der Waals surface area contributed by atoms with Gasteiger partial charge in [-0.1, -0.05) is 49.3 Å². The summed E-state index contributed by atoms with van der Waals surface area (Å²) in [5.41, 5.74) is 3.07. The number of nitrogens with zero attached hydrogens (tertiary/aromatic N) is 3. The quantitative estimate of drug-likeness (QED) is 0.621. The summed E-state index contributed by atoms with van der Waals surface area (Å²) in [4.78, 5) is 19.7. The van der Waals surface area contributed by atoms with E-state index in [-0.39, 0.29) is 17.9 Å². The van der Waals surface area contributed by atoms with E-state index in [1.54, 1.807) is 6.20 Å². The first-order valence-electron chi connectivity index (χ1n) is 9.66. The van der Waals surface area contributed by atoms with Crippen molar-refractivity contribution in [1.82, 2.24) is 15.0 Å². The van der Waals surface area contributed by atoms with Crippen LogP contribution in [-0.4, -0.2) is 27.5 Å². The summed E-state index contributed by atoms with van der Waals surface area (Å²) in [6, 6.07) is 12.1. The number of amides is 1. The Morgan fingerprint density at radius 3 is 2.63 bits per heavy atom. The molecule has 0 spiro atoms. The standard InChI is InChI=1S/C22H25N3O2/c1-14(2)20-19-11-18(12-23-21(19)27-24-20)22(26)25(13-16-9-10-16)15(3)17-7-5-4-6-8-17/h4-8,11-12,14-16H,9-10,13H2,1-3H3. The first-order valence-corrected chi connectivity index (χ1v) is 9.66. The number of pyridine rings is 1. The Bertz CT molecular complexity index is 945. The Labute approximate surface area is 159 Å². The van der Waals surface area contributed by atoms with Crippen molar-refractivity contribution >= 4 is 17.0 Å². The third-order valence-corrected chi connectivity index (χ3v) is 5.31. The maximum atomic E-state index is 13.4. The fraction of sp³-hybridized carbons (Fsp3) is 0.409. The maximum absolute atomic E-state index is 13.4. The monoisotopic (exact) mass is 363 g/mol. The van der Waals surface area contributed by atoms with Crippen LogP contribution in [0.1, 0.15) is 67.2 Å². The van der Waals surface area contributed by atoms with Crippen molar-refractivity contribution in [3.63, 3.8) is 0 Å². The minimum absolute atomic E-state index is 0.0158. The SMILES string of the molecule is CC(C)c1noc2ncc(C(=O)N(CC3CC3)C(C)c3ccccc3)cc12. The van der Waals surface area contributed by atoms with E-state index in [1.807, 2.05) is 29.2 Å². The highest BCUT2D eigenvalue weighted by atomic mass is 16.5. The van der Waals surface area contributed by atoms with Crippen LogP contribution < -0.4 is 0 Å². The molecule has 2 heterocycles. The van der Waals surface area contributed by atoms with E-state index in [2.05, 4.69) is 43.0 Å². The smallest absolute Gasteiger partial charge is 0.257 e. The Hall–Kier alpha value is -2.69. The number of carbonyl (C=O) groups is 1. The molecular formula is C22H25N3O2. The molecule has 1 saturated carbocycles. The molecule has 1 amide bonds. The van der Waals surface area contributed by atoms with Gasteiger partial charge >= 0.3 is 0 Å². The highest BCUT2D eigenvalue weighted by molar-refractivity contribution is 5.97. The second-order valence-electron chi connectivity index (χ2n) is 7.79. The molecule has 0 N–H and O–H groups in total. The van der Waals surface area contributed by atoms with Gasteiger partial charge in [-0.2, -0.15) is 0 Å². The second kappa shape index (κ2) is 7.14. The predicted octanol–water partition coefficient (Wildman–Crippen LogP) is 4.96. The molecule has 1 atom stereocenters. The van der Waals surface area contributed by atoms with Crippen LogP contribution in [-0.2, 0) is 0 Å². The van der Waals surface area contributed by atoms with E-state index >= 15 is 0 Å². The lowest BCUT2D eigenvalue weighted by atomic mass is 10.0. The van der Waals surface area contributed by atoms with Gasteiger partial charge in [-0.3, -0.25) is 4.79 Å². The van der Waals surface area contributed by atoms with Gasteiger partial charge in [0.15, 0.2) is 0 Å². The van der Waals surface area contributed by atoms with Gasteiger partial charge in [0, 0.05) is 12.7 Å². The van der Waals surface area contributed by atoms with Gasteiger partial charge < -0.3 is 9.42 Å². The van der Waals surface area contributed by atoms with Crippen LogP contribution in [0, 0.1) is 5.92 Å². The number of aromatic nitrogens is 2. The largest absolute Gasteiger partial charge is 0.336 e. The molecule has 5 nitrogen and oxygen atoms in total. The molecule has 1 fully saturated rings. The zero-order chi connectivity index (χ0) is 19.0. The fourth-order valence-corrected chi connectivity index (χ4v) is 3.46. The molecule has 5 heteroatoms. The maximum Gasteiger partial charge on any atom is 0.257 e. The number of hydrogen-bond donors (Lipinski definition) is 0. The molecule has 1 aromatic carbocycles. The Morgan fingerprint density at radius 2 is 1.96 bits per heavy atom. The van der Waals surface area contributed by atoms with Crippen LogP contribution in [0.15, 0.2) is 47.1 Å². The summed E-state index contributed by atoms with van der Waals surface area (Å²) in [6.45, 7) is 7.00. The molecule has 140 valence electrons. The Balaban J connectivity index is 1.68. The van der Waals surface area contributed by atoms with Crippen molar-refractivity contribution in [2.24, 2.45) is 5.92 Å². The molecule has 0 saturated heterocycles. The number of rotatable bonds is 6. The van der Waals surface area contributed by atoms with Crippen LogP contribution in [0.5, 0.6) is 0 Å². The van der Waals surface area contributed by atoms with Crippen LogP contribution >= 0.6 is 0 Å². The van der Waals surface area contributed by atoms with Gasteiger partial charge in [0.1, 0.15) is 0 Å². The molecule has 2 aromatic heterocycles. The van der Waals surface area contributed by atoms with Gasteiger partial charge in [0.05, 0.1) is 22.7 Å². The third-order valence-electron chi connectivity index (χ3n) is 5.31. The van der Waals surface area contributed by atoms with E-state index in [4.69, 9.17) is 4.52 Å². The van der Waals surface area contributed by atoms with Crippen molar-refractivity contribution in [2.75, 3.05) is 6.54 Å². The number of hydrogen-bond acceptors (Lipinski definition) is 4. The average Bonchev–Trinajstić information content (AvgIpc) is 3.41. The van der Waals surface area contributed by atoms with Gasteiger partial charge in [-0.25, -0.2) is 4.98 Å². The minimum Gasteiger partial charge on any atom is -0.336 e. The molecule has 1 unspecified atom stereocenters. The highest BCUT2D eigenvalue weighted by Gasteiger charge is 2.31. The molecule has 0 aliphatic heterocycles. The van der Waals surface area contributed by atoms with Crippen molar-refractivity contribution in [3.05, 3.63) is 59.4 Å². The van der Waals surface area contributed by atoms with Crippen molar-refractivity contribution in [2.45, 2.75) is 45.6 Å². The van der Waals surface area contributed by atoms with Crippen LogP contribution in [0.4, 0.5) is 0 Å². The lowest BCUT2D eigenvalue weighted by Crippen LogP contribution is -2.35. The van der Waals surface area contributed by atoms with E-state index < -0.39 is 0 Å². The first kappa shape index (κ1) is 17.7. The fourth-order valence-electron chi connectivity index (χ4n) is 3.46. The van der Waals surface area contributed by atoms with Crippen LogP contribution in [0.2, 0.25) is 0 Å². The zero-order valence-electron chi connectivity index (χ0n) is 16.1. The molecule has 0 radical (unpaired) electrons.